The first kappa shape index (κ1) is 9.58. The highest BCUT2D eigenvalue weighted by molar-refractivity contribution is 7.30. The topological polar surface area (TPSA) is 102 Å². The van der Waals surface area contributed by atoms with Crippen molar-refractivity contribution >= 4 is 8.25 Å². The monoisotopic (exact) mass is 124 g/mol. The van der Waals surface area contributed by atoms with Gasteiger partial charge in [0.1, 0.15) is 0 Å². The van der Waals surface area contributed by atoms with Gasteiger partial charge in [0.05, 0.1) is 0 Å². The van der Waals surface area contributed by atoms with Crippen LogP contribution in [0, 0.1) is 11.5 Å². The lowest BCUT2D eigenvalue weighted by Gasteiger charge is -1.34. The van der Waals surface area contributed by atoms with E-state index in [2.05, 4.69) is 0 Å². The molecule has 0 atom stereocenters. The highest BCUT2D eigenvalue weighted by atomic mass is 31.1. The highest BCUT2D eigenvalue weighted by Crippen LogP contribution is 1.98. The molecule has 7 heavy (non-hydrogen) atoms. The molecule has 0 saturated heterocycles. The third-order valence-electron chi connectivity index (χ3n) is 0. The van der Waals surface area contributed by atoms with E-state index >= 15 is 0 Å². The Balaban J connectivity index is 0. The van der Waals surface area contributed by atoms with Crippen molar-refractivity contribution in [2.24, 2.45) is 0 Å². The first-order chi connectivity index (χ1) is 3.15. The van der Waals surface area contributed by atoms with Crippen LogP contribution in [0.5, 0.6) is 0 Å². The maximum Gasteiger partial charge on any atom is 0.692 e. The molecule has 0 unspecified atom stereocenters. The summed E-state index contributed by atoms with van der Waals surface area (Å²) in [6.07, 6.45) is 0.750. The second kappa shape index (κ2) is 9.00. The predicted octanol–water partition coefficient (Wildman–Crippen LogP) is -0.532. The molecule has 0 aliphatic carbocycles. The molecular weight excluding hydrogens is 121 g/mol. The van der Waals surface area contributed by atoms with Gasteiger partial charge in [-0.3, -0.25) is 0 Å². The summed E-state index contributed by atoms with van der Waals surface area (Å²) in [5.74, 6) is 0. The Bertz CT molecular complexity index is 80.2. The van der Waals surface area contributed by atoms with Gasteiger partial charge < -0.3 is 5.11 Å². The van der Waals surface area contributed by atoms with E-state index < -0.39 is 8.25 Å². The molecule has 0 aliphatic heterocycles. The lowest BCUT2D eigenvalue weighted by molar-refractivity contribution is 0.405. The van der Waals surface area contributed by atoms with Crippen LogP contribution in [0.3, 0.4) is 0 Å². The van der Waals surface area contributed by atoms with E-state index in [1.165, 1.54) is 0 Å². The number of nitrogens with zero attached hydrogens (tertiary/aromatic N) is 1. The van der Waals surface area contributed by atoms with Crippen LogP contribution >= 0.6 is 8.25 Å². The van der Waals surface area contributed by atoms with Crippen molar-refractivity contribution in [3.05, 3.63) is 0 Å². The van der Waals surface area contributed by atoms with Crippen LogP contribution in [0.15, 0.2) is 0 Å². The van der Waals surface area contributed by atoms with E-state index in [-0.39, 0.29) is 0 Å². The van der Waals surface area contributed by atoms with Crippen molar-refractivity contribution in [3.8, 4) is 6.26 Å². The number of hydrogen-bond acceptors (Lipinski definition) is 3. The first-order valence-electron chi connectivity index (χ1n) is 1.03. The van der Waals surface area contributed by atoms with E-state index in [9.17, 15) is 0 Å². The number of aliphatic hydroxyl groups excluding tert-OH is 1. The average Bonchev–Trinajstić information content (AvgIpc) is 1.33. The largest absolute Gasteiger partial charge is 0.692 e. The molecule has 0 aliphatic rings. The van der Waals surface area contributed by atoms with E-state index in [4.69, 9.17) is 24.7 Å². The summed E-state index contributed by atoms with van der Waals surface area (Å²) < 4.78 is 8.70. The van der Waals surface area contributed by atoms with Crippen LogP contribution < -0.4 is 0 Å². The third-order valence-corrected chi connectivity index (χ3v) is 0. The van der Waals surface area contributed by atoms with E-state index in [0.29, 0.717) is 0 Å². The number of hydrogen-bond donors (Lipinski definition) is 3. The van der Waals surface area contributed by atoms with Crippen molar-refractivity contribution in [1.29, 1.82) is 5.26 Å². The third kappa shape index (κ3) is 122. The van der Waals surface area contributed by atoms with Gasteiger partial charge >= 0.3 is 8.25 Å². The molecule has 0 heterocycles. The van der Waals surface area contributed by atoms with Crippen LogP contribution in [0.1, 0.15) is 0 Å². The molecule has 0 fully saturated rings. The number of aliphatic hydroxyl groups is 1. The summed E-state index contributed by atoms with van der Waals surface area (Å²) >= 11 is 0. The Morgan fingerprint density at radius 1 is 1.57 bits per heavy atom. The summed E-state index contributed by atoms with van der Waals surface area (Å²) in [4.78, 5) is 14.2. The summed E-state index contributed by atoms with van der Waals surface area (Å²) in [5, 5.41) is 13.8. The van der Waals surface area contributed by atoms with Gasteiger partial charge in [-0.1, -0.05) is 0 Å². The predicted molar refractivity (Wildman–Crippen MR) is 19.6 cm³/mol. The van der Waals surface area contributed by atoms with Crippen LogP contribution in [0.2, 0.25) is 0 Å². The molecule has 0 amide bonds. The second-order valence-electron chi connectivity index (χ2n) is 0.353. The molecule has 0 spiro atoms. The van der Waals surface area contributed by atoms with Gasteiger partial charge in [-0.05, 0) is 0 Å². The molecular formula is CH3NO4P+. The number of nitriles is 1. The van der Waals surface area contributed by atoms with E-state index in [0.717, 1.165) is 6.26 Å². The Morgan fingerprint density at radius 3 is 1.57 bits per heavy atom. The van der Waals surface area contributed by atoms with Crippen molar-refractivity contribution < 1.29 is 19.5 Å². The molecule has 3 N–H and O–H groups in total. The van der Waals surface area contributed by atoms with Gasteiger partial charge in [0.25, 0.3) is 6.26 Å². The SMILES string of the molecule is N#CO.O=[P+](O)O. The fourth-order valence-corrected chi connectivity index (χ4v) is 0. The molecule has 0 saturated carbocycles. The van der Waals surface area contributed by atoms with Crippen molar-refractivity contribution in [2.45, 2.75) is 0 Å². The zero-order chi connectivity index (χ0) is 6.28. The molecule has 5 nitrogen and oxygen atoms in total. The number of rotatable bonds is 0. The molecule has 40 valence electrons. The van der Waals surface area contributed by atoms with Gasteiger partial charge in [0.2, 0.25) is 0 Å². The zero-order valence-corrected chi connectivity index (χ0v) is 4.04. The zero-order valence-electron chi connectivity index (χ0n) is 3.14. The molecule has 0 rings (SSSR count). The lowest BCUT2D eigenvalue weighted by atomic mass is 11.6. The van der Waals surface area contributed by atoms with Gasteiger partial charge in [0, 0.05) is 4.57 Å². The Kier molecular flexibility index (Phi) is 12.3. The lowest BCUT2D eigenvalue weighted by Crippen LogP contribution is -1.38. The van der Waals surface area contributed by atoms with Gasteiger partial charge in [-0.25, -0.2) is 0 Å². The second-order valence-corrected chi connectivity index (χ2v) is 0.858. The van der Waals surface area contributed by atoms with Crippen LogP contribution in [-0.4, -0.2) is 14.9 Å². The van der Waals surface area contributed by atoms with Crippen molar-refractivity contribution in [3.63, 3.8) is 0 Å². The van der Waals surface area contributed by atoms with E-state index in [1.54, 1.807) is 0 Å². The molecule has 0 aromatic rings. The van der Waals surface area contributed by atoms with Crippen molar-refractivity contribution in [2.75, 3.05) is 0 Å². The Morgan fingerprint density at radius 2 is 1.57 bits per heavy atom. The quantitative estimate of drug-likeness (QED) is 0.297. The van der Waals surface area contributed by atoms with E-state index in [1.807, 2.05) is 0 Å². The highest BCUT2D eigenvalue weighted by Gasteiger charge is 1.93. The summed E-state index contributed by atoms with van der Waals surface area (Å²) in [7, 11) is -2.87. The van der Waals surface area contributed by atoms with Gasteiger partial charge in [-0.2, -0.15) is 5.26 Å². The standard InChI is InChI=1S/CHNO.HO3P/c2-1-3;1-4(2)3/h3H;(H-,1,2,3)/p+1. The molecule has 0 radical (unpaired) electrons. The summed E-state index contributed by atoms with van der Waals surface area (Å²) in [6.45, 7) is 0. The molecule has 0 aromatic carbocycles. The van der Waals surface area contributed by atoms with Crippen LogP contribution in [0.25, 0.3) is 0 Å². The summed E-state index contributed by atoms with van der Waals surface area (Å²) in [5.41, 5.74) is 0. The minimum absolute atomic E-state index is 0.750. The normalized spacial score (nSPS) is 4.71. The Labute approximate surface area is 40.4 Å². The minimum Gasteiger partial charge on any atom is -0.443 e. The molecule has 6 heteroatoms. The summed E-state index contributed by atoms with van der Waals surface area (Å²) in [6, 6.07) is 0. The fourth-order valence-electron chi connectivity index (χ4n) is 0. The van der Waals surface area contributed by atoms with Gasteiger partial charge in [-0.15, -0.1) is 9.79 Å². The smallest absolute Gasteiger partial charge is 0.443 e. The van der Waals surface area contributed by atoms with Crippen molar-refractivity contribution in [1.82, 2.24) is 0 Å². The minimum atomic E-state index is -2.87. The van der Waals surface area contributed by atoms with Crippen LogP contribution in [-0.2, 0) is 4.57 Å². The maximum absolute atomic E-state index is 8.70. The fraction of sp³-hybridized carbons (Fsp3) is 0. The first-order valence-corrected chi connectivity index (χ1v) is 2.19. The van der Waals surface area contributed by atoms with Gasteiger partial charge in [0.15, 0.2) is 0 Å². The molecule has 0 aromatic heterocycles. The van der Waals surface area contributed by atoms with Crippen LogP contribution in [0.4, 0.5) is 0 Å². The maximum atomic E-state index is 8.70. The molecule has 0 bridgehead atoms. The average molecular weight is 124 g/mol. The Hall–Kier alpha value is -0.690.